The van der Waals surface area contributed by atoms with Crippen molar-refractivity contribution in [3.63, 3.8) is 0 Å². The number of hydrogen-bond acceptors (Lipinski definition) is 4. The number of nitrogens with one attached hydrogen (secondary N) is 2. The number of nitrogens with zero attached hydrogens (tertiary/aromatic N) is 2. The van der Waals surface area contributed by atoms with E-state index in [-0.39, 0.29) is 12.1 Å². The van der Waals surface area contributed by atoms with Crippen molar-refractivity contribution < 1.29 is 9.32 Å². The van der Waals surface area contributed by atoms with Crippen LogP contribution in [0.25, 0.3) is 0 Å². The van der Waals surface area contributed by atoms with Crippen LogP contribution in [0, 0.1) is 13.8 Å². The third kappa shape index (κ3) is 3.64. The van der Waals surface area contributed by atoms with E-state index in [1.54, 1.807) is 6.92 Å². The maximum absolute atomic E-state index is 12.2. The monoisotopic (exact) mass is 334 g/mol. The molecule has 3 rings (SSSR count). The molecule has 2 amide bonds. The summed E-state index contributed by atoms with van der Waals surface area (Å²) in [5, 5.41) is 10.0. The number of amides is 2. The first kappa shape index (κ1) is 15.8. The van der Waals surface area contributed by atoms with Crippen LogP contribution in [0.3, 0.4) is 0 Å². The van der Waals surface area contributed by atoms with E-state index in [1.807, 2.05) is 26.0 Å². The van der Waals surface area contributed by atoms with Gasteiger partial charge in [-0.25, -0.2) is 4.79 Å². The number of aryl methyl sites for hydroxylation is 2. The minimum atomic E-state index is -0.375. The first-order chi connectivity index (χ1) is 10.9. The van der Waals surface area contributed by atoms with Crippen LogP contribution in [-0.2, 0) is 0 Å². The van der Waals surface area contributed by atoms with Gasteiger partial charge in [-0.1, -0.05) is 22.8 Å². The van der Waals surface area contributed by atoms with Crippen molar-refractivity contribution in [2.75, 3.05) is 5.32 Å². The molecule has 1 aliphatic carbocycles. The first-order valence-electron chi connectivity index (χ1n) is 7.62. The molecule has 2 N–H and O–H groups in total. The van der Waals surface area contributed by atoms with Crippen molar-refractivity contribution in [1.29, 1.82) is 0 Å². The number of aromatic nitrogens is 2. The van der Waals surface area contributed by atoms with Crippen molar-refractivity contribution in [3.05, 3.63) is 40.0 Å². The zero-order valence-electron chi connectivity index (χ0n) is 13.3. The summed E-state index contributed by atoms with van der Waals surface area (Å²) in [5.74, 6) is 1.56. The molecule has 0 saturated heterocycles. The molecule has 1 atom stereocenters. The quantitative estimate of drug-likeness (QED) is 0.882. The molecule has 1 fully saturated rings. The number of halogens is 1. The maximum Gasteiger partial charge on any atom is 0.319 e. The smallest absolute Gasteiger partial charge is 0.319 e. The minimum absolute atomic E-state index is 0.363. The van der Waals surface area contributed by atoms with E-state index in [0.29, 0.717) is 22.5 Å². The van der Waals surface area contributed by atoms with Gasteiger partial charge >= 0.3 is 6.03 Å². The fourth-order valence-corrected chi connectivity index (χ4v) is 2.78. The van der Waals surface area contributed by atoms with Gasteiger partial charge < -0.3 is 15.2 Å². The van der Waals surface area contributed by atoms with Crippen LogP contribution >= 0.6 is 11.6 Å². The number of urea groups is 1. The zero-order chi connectivity index (χ0) is 16.6. The van der Waals surface area contributed by atoms with E-state index in [2.05, 4.69) is 20.8 Å². The van der Waals surface area contributed by atoms with Crippen molar-refractivity contribution in [3.8, 4) is 0 Å². The van der Waals surface area contributed by atoms with E-state index >= 15 is 0 Å². The van der Waals surface area contributed by atoms with Gasteiger partial charge in [0.15, 0.2) is 5.82 Å². The standard InChI is InChI=1S/C16H19ClN4O2/c1-8-6-9(2)13(12(17)7-8)19-16(22)18-10(3)15-20-14(21-23-15)11-4-5-11/h6-7,10-11H,4-5H2,1-3H3,(H2,18,19,22). The number of anilines is 1. The van der Waals surface area contributed by atoms with Gasteiger partial charge in [0.2, 0.25) is 5.89 Å². The number of rotatable bonds is 4. The van der Waals surface area contributed by atoms with Gasteiger partial charge in [0.1, 0.15) is 6.04 Å². The molecule has 23 heavy (non-hydrogen) atoms. The Morgan fingerprint density at radius 3 is 2.78 bits per heavy atom. The van der Waals surface area contributed by atoms with Crippen LogP contribution in [0.1, 0.15) is 54.6 Å². The molecule has 1 aliphatic rings. The van der Waals surface area contributed by atoms with Crippen LogP contribution in [-0.4, -0.2) is 16.2 Å². The molecule has 7 heteroatoms. The number of benzene rings is 1. The Labute approximate surface area is 139 Å². The molecule has 0 radical (unpaired) electrons. The van der Waals surface area contributed by atoms with Gasteiger partial charge in [0.25, 0.3) is 0 Å². The number of carbonyl (C=O) groups excluding carboxylic acids is 1. The average Bonchev–Trinajstić information content (AvgIpc) is 3.20. The molecule has 6 nitrogen and oxygen atoms in total. The van der Waals surface area contributed by atoms with Crippen LogP contribution < -0.4 is 10.6 Å². The van der Waals surface area contributed by atoms with E-state index in [0.717, 1.165) is 29.8 Å². The summed E-state index contributed by atoms with van der Waals surface area (Å²) in [4.78, 5) is 16.5. The molecule has 0 aliphatic heterocycles. The Morgan fingerprint density at radius 1 is 1.39 bits per heavy atom. The van der Waals surface area contributed by atoms with Gasteiger partial charge in [-0.15, -0.1) is 0 Å². The largest absolute Gasteiger partial charge is 0.337 e. The summed E-state index contributed by atoms with van der Waals surface area (Å²) in [7, 11) is 0. The highest BCUT2D eigenvalue weighted by Gasteiger charge is 2.29. The highest BCUT2D eigenvalue weighted by Crippen LogP contribution is 2.38. The topological polar surface area (TPSA) is 80.0 Å². The van der Waals surface area contributed by atoms with Crippen LogP contribution in [0.5, 0.6) is 0 Å². The molecular weight excluding hydrogens is 316 g/mol. The SMILES string of the molecule is Cc1cc(C)c(NC(=O)NC(C)c2nc(C3CC3)no2)c(Cl)c1. The van der Waals surface area contributed by atoms with Gasteiger partial charge in [-0.2, -0.15) is 4.98 Å². The van der Waals surface area contributed by atoms with Crippen LogP contribution in [0.15, 0.2) is 16.7 Å². The maximum atomic E-state index is 12.2. The molecule has 1 aromatic heterocycles. The van der Waals surface area contributed by atoms with Gasteiger partial charge in [0.05, 0.1) is 10.7 Å². The molecule has 1 aromatic carbocycles. The molecule has 2 aromatic rings. The fraction of sp³-hybridized carbons (Fsp3) is 0.438. The van der Waals surface area contributed by atoms with E-state index < -0.39 is 0 Å². The molecule has 1 heterocycles. The molecule has 122 valence electrons. The third-order valence-corrected chi connectivity index (χ3v) is 4.09. The highest BCUT2D eigenvalue weighted by atomic mass is 35.5. The lowest BCUT2D eigenvalue weighted by Crippen LogP contribution is -2.31. The Kier molecular flexibility index (Phi) is 4.26. The average molecular weight is 335 g/mol. The lowest BCUT2D eigenvalue weighted by Gasteiger charge is -2.14. The summed E-state index contributed by atoms with van der Waals surface area (Å²) in [6, 6.07) is 3.04. The Morgan fingerprint density at radius 2 is 2.13 bits per heavy atom. The fourth-order valence-electron chi connectivity index (χ4n) is 2.41. The summed E-state index contributed by atoms with van der Waals surface area (Å²) in [6.07, 6.45) is 2.21. The second-order valence-electron chi connectivity index (χ2n) is 6.02. The lowest BCUT2D eigenvalue weighted by molar-refractivity contribution is 0.245. The second kappa shape index (κ2) is 6.20. The van der Waals surface area contributed by atoms with Gasteiger partial charge in [0, 0.05) is 5.92 Å². The van der Waals surface area contributed by atoms with Crippen molar-refractivity contribution in [1.82, 2.24) is 15.5 Å². The number of carbonyl (C=O) groups is 1. The molecule has 0 spiro atoms. The normalized spacial score (nSPS) is 15.3. The van der Waals surface area contributed by atoms with Crippen molar-refractivity contribution in [2.45, 2.75) is 45.6 Å². The van der Waals surface area contributed by atoms with Crippen LogP contribution in [0.4, 0.5) is 10.5 Å². The van der Waals surface area contributed by atoms with Gasteiger partial charge in [-0.05, 0) is 50.8 Å². The zero-order valence-corrected chi connectivity index (χ0v) is 14.1. The molecule has 1 saturated carbocycles. The highest BCUT2D eigenvalue weighted by molar-refractivity contribution is 6.34. The second-order valence-corrected chi connectivity index (χ2v) is 6.43. The lowest BCUT2D eigenvalue weighted by atomic mass is 10.1. The Hall–Kier alpha value is -2.08. The van der Waals surface area contributed by atoms with Crippen molar-refractivity contribution >= 4 is 23.3 Å². The Balaban J connectivity index is 1.64. The summed E-state index contributed by atoms with van der Waals surface area (Å²) in [6.45, 7) is 5.66. The Bertz CT molecular complexity index is 716. The van der Waals surface area contributed by atoms with Crippen molar-refractivity contribution in [2.24, 2.45) is 0 Å². The molecular formula is C16H19ClN4O2. The summed E-state index contributed by atoms with van der Waals surface area (Å²) >= 11 is 6.19. The van der Waals surface area contributed by atoms with E-state index in [9.17, 15) is 4.79 Å². The third-order valence-electron chi connectivity index (χ3n) is 3.79. The number of hydrogen-bond donors (Lipinski definition) is 2. The molecule has 1 unspecified atom stereocenters. The minimum Gasteiger partial charge on any atom is -0.337 e. The van der Waals surface area contributed by atoms with Gasteiger partial charge in [-0.3, -0.25) is 0 Å². The summed E-state index contributed by atoms with van der Waals surface area (Å²) in [5.41, 5.74) is 2.56. The molecule has 0 bridgehead atoms. The van der Waals surface area contributed by atoms with E-state index in [1.165, 1.54) is 0 Å². The first-order valence-corrected chi connectivity index (χ1v) is 7.99. The predicted octanol–water partition coefficient (Wildman–Crippen LogP) is 4.10. The van der Waals surface area contributed by atoms with E-state index in [4.69, 9.17) is 16.1 Å². The summed E-state index contributed by atoms with van der Waals surface area (Å²) < 4.78 is 5.21. The predicted molar refractivity (Wildman–Crippen MR) is 87.8 cm³/mol. The van der Waals surface area contributed by atoms with Crippen LogP contribution in [0.2, 0.25) is 5.02 Å².